The van der Waals surface area contributed by atoms with Crippen molar-refractivity contribution < 1.29 is 0 Å². The third-order valence-electron chi connectivity index (χ3n) is 4.26. The molecule has 2 unspecified atom stereocenters. The Morgan fingerprint density at radius 3 is 2.71 bits per heavy atom. The van der Waals surface area contributed by atoms with Gasteiger partial charge in [0, 0.05) is 16.1 Å². The van der Waals surface area contributed by atoms with Crippen LogP contribution in [0.1, 0.15) is 29.7 Å². The van der Waals surface area contributed by atoms with Crippen molar-refractivity contribution >= 4 is 23.2 Å². The Kier molecular flexibility index (Phi) is 4.54. The zero-order valence-corrected chi connectivity index (χ0v) is 13.6. The zero-order chi connectivity index (χ0) is 14.8. The highest BCUT2D eigenvalue weighted by molar-refractivity contribution is 6.35. The van der Waals surface area contributed by atoms with Gasteiger partial charge >= 0.3 is 0 Å². The zero-order valence-electron chi connectivity index (χ0n) is 12.1. The number of hydrogen-bond acceptors (Lipinski definition) is 1. The second-order valence-electron chi connectivity index (χ2n) is 5.64. The summed E-state index contributed by atoms with van der Waals surface area (Å²) >= 11 is 12.3. The Morgan fingerprint density at radius 1 is 1.14 bits per heavy atom. The van der Waals surface area contributed by atoms with Crippen LogP contribution in [0.25, 0.3) is 0 Å². The lowest BCUT2D eigenvalue weighted by molar-refractivity contribution is 0.394. The molecule has 0 bridgehead atoms. The molecule has 0 spiro atoms. The Morgan fingerprint density at radius 2 is 1.95 bits per heavy atom. The van der Waals surface area contributed by atoms with E-state index in [1.165, 1.54) is 16.7 Å². The Labute approximate surface area is 136 Å². The van der Waals surface area contributed by atoms with E-state index in [1.807, 2.05) is 12.1 Å². The van der Waals surface area contributed by atoms with Crippen molar-refractivity contribution in [2.75, 3.05) is 6.54 Å². The topological polar surface area (TPSA) is 12.0 Å². The fraction of sp³-hybridized carbons (Fsp3) is 0.333. The number of fused-ring (bicyclic) bond motifs is 1. The summed E-state index contributed by atoms with van der Waals surface area (Å²) in [6.45, 7) is 3.14. The van der Waals surface area contributed by atoms with Gasteiger partial charge in [0.1, 0.15) is 0 Å². The van der Waals surface area contributed by atoms with Crippen LogP contribution >= 0.6 is 23.2 Å². The molecule has 0 aliphatic heterocycles. The molecule has 0 fully saturated rings. The minimum absolute atomic E-state index is 0.415. The highest BCUT2D eigenvalue weighted by Crippen LogP contribution is 2.39. The lowest BCUT2D eigenvalue weighted by Gasteiger charge is -2.22. The first kappa shape index (κ1) is 14.9. The van der Waals surface area contributed by atoms with Crippen molar-refractivity contribution in [2.45, 2.75) is 25.8 Å². The van der Waals surface area contributed by atoms with E-state index in [2.05, 4.69) is 42.6 Å². The van der Waals surface area contributed by atoms with Gasteiger partial charge in [0.05, 0.1) is 0 Å². The number of rotatable bonds is 4. The summed E-state index contributed by atoms with van der Waals surface area (Å²) in [5.74, 6) is 0.543. The normalized spacial score (nSPS) is 20.5. The van der Waals surface area contributed by atoms with Gasteiger partial charge in [-0.3, -0.25) is 0 Å². The molecule has 3 rings (SSSR count). The van der Waals surface area contributed by atoms with Crippen molar-refractivity contribution in [1.82, 2.24) is 5.32 Å². The molecule has 2 aromatic carbocycles. The van der Waals surface area contributed by atoms with Crippen LogP contribution < -0.4 is 5.32 Å². The SMILES string of the molecule is CCNC1c2ccccc2CC1Cc1ccc(Cl)cc1Cl. The second kappa shape index (κ2) is 6.39. The molecule has 110 valence electrons. The van der Waals surface area contributed by atoms with Gasteiger partial charge in [-0.1, -0.05) is 60.5 Å². The molecular weight excluding hydrogens is 301 g/mol. The van der Waals surface area contributed by atoms with Crippen LogP contribution in [0.3, 0.4) is 0 Å². The lowest BCUT2D eigenvalue weighted by Crippen LogP contribution is -2.26. The highest BCUT2D eigenvalue weighted by Gasteiger charge is 2.31. The molecule has 21 heavy (non-hydrogen) atoms. The molecule has 0 heterocycles. The molecule has 3 heteroatoms. The van der Waals surface area contributed by atoms with E-state index in [9.17, 15) is 0 Å². The van der Waals surface area contributed by atoms with Gasteiger partial charge in [0.25, 0.3) is 0 Å². The molecular formula is C18H19Cl2N. The molecule has 0 amide bonds. The van der Waals surface area contributed by atoms with Crippen molar-refractivity contribution in [3.05, 3.63) is 69.2 Å². The summed E-state index contributed by atoms with van der Waals surface area (Å²) in [5, 5.41) is 5.10. The first-order chi connectivity index (χ1) is 10.2. The summed E-state index contributed by atoms with van der Waals surface area (Å²) in [6, 6.07) is 15.0. The fourth-order valence-corrected chi connectivity index (χ4v) is 3.82. The molecule has 1 aliphatic carbocycles. The van der Waals surface area contributed by atoms with Crippen LogP contribution in [0.15, 0.2) is 42.5 Å². The second-order valence-corrected chi connectivity index (χ2v) is 6.48. The summed E-state index contributed by atoms with van der Waals surface area (Å²) in [5.41, 5.74) is 4.08. The number of halogens is 2. The molecule has 0 saturated heterocycles. The van der Waals surface area contributed by atoms with Crippen molar-refractivity contribution in [3.8, 4) is 0 Å². The van der Waals surface area contributed by atoms with Crippen molar-refractivity contribution in [1.29, 1.82) is 0 Å². The Hall–Kier alpha value is -1.02. The minimum atomic E-state index is 0.415. The quantitative estimate of drug-likeness (QED) is 0.830. The van der Waals surface area contributed by atoms with Crippen molar-refractivity contribution in [3.63, 3.8) is 0 Å². The van der Waals surface area contributed by atoms with Gasteiger partial charge in [0.15, 0.2) is 0 Å². The van der Waals surface area contributed by atoms with E-state index in [0.717, 1.165) is 24.4 Å². The average molecular weight is 320 g/mol. The van der Waals surface area contributed by atoms with E-state index in [1.54, 1.807) is 0 Å². The molecule has 0 aromatic heterocycles. The summed E-state index contributed by atoms with van der Waals surface area (Å²) in [7, 11) is 0. The highest BCUT2D eigenvalue weighted by atomic mass is 35.5. The first-order valence-corrected chi connectivity index (χ1v) is 8.19. The molecule has 1 aliphatic rings. The molecule has 1 nitrogen and oxygen atoms in total. The number of hydrogen-bond donors (Lipinski definition) is 1. The number of nitrogens with one attached hydrogen (secondary N) is 1. The third-order valence-corrected chi connectivity index (χ3v) is 4.85. The fourth-order valence-electron chi connectivity index (χ4n) is 3.33. The van der Waals surface area contributed by atoms with E-state index in [-0.39, 0.29) is 0 Å². The average Bonchev–Trinajstić information content (AvgIpc) is 2.81. The van der Waals surface area contributed by atoms with Crippen LogP contribution in [-0.2, 0) is 12.8 Å². The van der Waals surface area contributed by atoms with Crippen LogP contribution in [0.5, 0.6) is 0 Å². The van der Waals surface area contributed by atoms with Gasteiger partial charge in [0.2, 0.25) is 0 Å². The Bertz CT molecular complexity index is 639. The summed E-state index contributed by atoms with van der Waals surface area (Å²) in [6.07, 6.45) is 2.08. The first-order valence-electron chi connectivity index (χ1n) is 7.44. The minimum Gasteiger partial charge on any atom is -0.310 e. The maximum absolute atomic E-state index is 6.34. The summed E-state index contributed by atoms with van der Waals surface area (Å²) < 4.78 is 0. The Balaban J connectivity index is 1.85. The van der Waals surface area contributed by atoms with Gasteiger partial charge in [-0.2, -0.15) is 0 Å². The van der Waals surface area contributed by atoms with Gasteiger partial charge < -0.3 is 5.32 Å². The largest absolute Gasteiger partial charge is 0.310 e. The molecule has 1 N–H and O–H groups in total. The third kappa shape index (κ3) is 3.11. The lowest BCUT2D eigenvalue weighted by atomic mass is 9.92. The van der Waals surface area contributed by atoms with Crippen LogP contribution in [0, 0.1) is 5.92 Å². The van der Waals surface area contributed by atoms with E-state index in [0.29, 0.717) is 17.0 Å². The molecule has 0 radical (unpaired) electrons. The van der Waals surface area contributed by atoms with Gasteiger partial charge in [-0.05, 0) is 54.1 Å². The smallest absolute Gasteiger partial charge is 0.0452 e. The van der Waals surface area contributed by atoms with Gasteiger partial charge in [-0.25, -0.2) is 0 Å². The van der Waals surface area contributed by atoms with E-state index < -0.39 is 0 Å². The van der Waals surface area contributed by atoms with Crippen LogP contribution in [0.4, 0.5) is 0 Å². The molecule has 2 aromatic rings. The standard InChI is InChI=1S/C18H19Cl2N/c1-2-21-18-14(9-12-5-3-4-6-16(12)18)10-13-7-8-15(19)11-17(13)20/h3-8,11,14,18,21H,2,9-10H2,1H3. The van der Waals surface area contributed by atoms with Crippen LogP contribution in [0.2, 0.25) is 10.0 Å². The van der Waals surface area contributed by atoms with Crippen molar-refractivity contribution in [2.24, 2.45) is 5.92 Å². The van der Waals surface area contributed by atoms with Crippen LogP contribution in [-0.4, -0.2) is 6.54 Å². The predicted molar refractivity (Wildman–Crippen MR) is 90.2 cm³/mol. The molecule has 2 atom stereocenters. The maximum Gasteiger partial charge on any atom is 0.0452 e. The van der Waals surface area contributed by atoms with Gasteiger partial charge in [-0.15, -0.1) is 0 Å². The van der Waals surface area contributed by atoms with E-state index in [4.69, 9.17) is 23.2 Å². The monoisotopic (exact) mass is 319 g/mol. The molecule has 0 saturated carbocycles. The predicted octanol–water partition coefficient (Wildman–Crippen LogP) is 5.06. The summed E-state index contributed by atoms with van der Waals surface area (Å²) in [4.78, 5) is 0. The maximum atomic E-state index is 6.34. The number of benzene rings is 2. The van der Waals surface area contributed by atoms with E-state index >= 15 is 0 Å².